The summed E-state index contributed by atoms with van der Waals surface area (Å²) in [6, 6.07) is 6.17. The van der Waals surface area contributed by atoms with E-state index in [1.165, 1.54) is 31.4 Å². The van der Waals surface area contributed by atoms with E-state index in [2.05, 4.69) is 16.8 Å². The summed E-state index contributed by atoms with van der Waals surface area (Å²) in [6.45, 7) is 4.16. The van der Waals surface area contributed by atoms with Gasteiger partial charge in [0.2, 0.25) is 0 Å². The van der Waals surface area contributed by atoms with E-state index in [0.717, 1.165) is 24.7 Å². The molecule has 2 heterocycles. The first-order valence-corrected chi connectivity index (χ1v) is 7.77. The van der Waals surface area contributed by atoms with E-state index in [9.17, 15) is 8.78 Å². The predicted molar refractivity (Wildman–Crippen MR) is 83.3 cm³/mol. The van der Waals surface area contributed by atoms with Gasteiger partial charge in [0.1, 0.15) is 11.6 Å². The number of nitrogens with zero attached hydrogens (tertiary/aromatic N) is 2. The average molecular weight is 302 g/mol. The maximum Gasteiger partial charge on any atom is 0.133 e. The molecule has 116 valence electrons. The second-order valence-corrected chi connectivity index (χ2v) is 6.02. The highest BCUT2D eigenvalue weighted by Gasteiger charge is 2.18. The summed E-state index contributed by atoms with van der Waals surface area (Å²) >= 11 is 0. The zero-order valence-electron chi connectivity index (χ0n) is 12.7. The minimum atomic E-state index is -0.562. The Morgan fingerprint density at radius 1 is 1.18 bits per heavy atom. The number of hydrogen-bond acceptors (Lipinski definition) is 2. The molecule has 1 saturated heterocycles. The lowest BCUT2D eigenvalue weighted by atomic mass is 10.0. The topological polar surface area (TPSA) is 16.1 Å². The van der Waals surface area contributed by atoms with Gasteiger partial charge in [-0.1, -0.05) is 6.42 Å². The summed E-state index contributed by atoms with van der Waals surface area (Å²) in [7, 11) is 0. The van der Waals surface area contributed by atoms with E-state index in [0.29, 0.717) is 17.2 Å². The Morgan fingerprint density at radius 2 is 2.05 bits per heavy atom. The molecule has 0 N–H and O–H groups in total. The van der Waals surface area contributed by atoms with Gasteiger partial charge >= 0.3 is 0 Å². The van der Waals surface area contributed by atoms with E-state index in [4.69, 9.17) is 0 Å². The number of benzene rings is 1. The van der Waals surface area contributed by atoms with Crippen molar-refractivity contribution in [2.75, 3.05) is 6.54 Å². The van der Waals surface area contributed by atoms with Crippen LogP contribution in [0.2, 0.25) is 0 Å². The Bertz CT molecular complexity index is 657. The normalized spacial score (nSPS) is 19.3. The fourth-order valence-corrected chi connectivity index (χ4v) is 3.07. The molecule has 1 aliphatic heterocycles. The fraction of sp³-hybridized carbons (Fsp3) is 0.389. The van der Waals surface area contributed by atoms with Crippen LogP contribution in [0.15, 0.2) is 36.7 Å². The van der Waals surface area contributed by atoms with Crippen molar-refractivity contribution in [2.24, 2.45) is 0 Å². The summed E-state index contributed by atoms with van der Waals surface area (Å²) in [5.74, 6) is -1.11. The maximum absolute atomic E-state index is 13.9. The number of hydrogen-bond donors (Lipinski definition) is 0. The third-order valence-electron chi connectivity index (χ3n) is 4.36. The summed E-state index contributed by atoms with van der Waals surface area (Å²) in [5.41, 5.74) is 2.15. The summed E-state index contributed by atoms with van der Waals surface area (Å²) < 4.78 is 26.9. The highest BCUT2D eigenvalue weighted by Crippen LogP contribution is 2.25. The lowest BCUT2D eigenvalue weighted by molar-refractivity contribution is 0.152. The Hall–Kier alpha value is -1.81. The lowest BCUT2D eigenvalue weighted by Crippen LogP contribution is -2.36. The first-order chi connectivity index (χ1) is 10.6. The van der Waals surface area contributed by atoms with Crippen molar-refractivity contribution >= 4 is 0 Å². The maximum atomic E-state index is 13.9. The number of aromatic nitrogens is 1. The molecule has 1 aromatic heterocycles. The zero-order valence-corrected chi connectivity index (χ0v) is 12.7. The number of pyridine rings is 1. The highest BCUT2D eigenvalue weighted by molar-refractivity contribution is 5.63. The summed E-state index contributed by atoms with van der Waals surface area (Å²) in [4.78, 5) is 6.66. The van der Waals surface area contributed by atoms with E-state index in [-0.39, 0.29) is 0 Å². The molecule has 3 rings (SSSR count). The quantitative estimate of drug-likeness (QED) is 0.835. The number of rotatable bonds is 3. The zero-order chi connectivity index (χ0) is 15.5. The van der Waals surface area contributed by atoms with Crippen molar-refractivity contribution in [3.05, 3.63) is 53.9 Å². The van der Waals surface area contributed by atoms with E-state index >= 15 is 0 Å². The van der Waals surface area contributed by atoms with Crippen molar-refractivity contribution in [2.45, 2.75) is 38.8 Å². The minimum absolute atomic E-state index is 0.391. The second kappa shape index (κ2) is 6.53. The van der Waals surface area contributed by atoms with Crippen LogP contribution in [0, 0.1) is 11.6 Å². The van der Waals surface area contributed by atoms with Crippen molar-refractivity contribution in [1.29, 1.82) is 0 Å². The van der Waals surface area contributed by atoms with Crippen LogP contribution in [0.1, 0.15) is 31.7 Å². The van der Waals surface area contributed by atoms with Gasteiger partial charge in [0.05, 0.1) is 0 Å². The Labute approximate surface area is 129 Å². The van der Waals surface area contributed by atoms with E-state index < -0.39 is 11.6 Å². The van der Waals surface area contributed by atoms with Crippen molar-refractivity contribution in [3.8, 4) is 11.1 Å². The average Bonchev–Trinajstić information content (AvgIpc) is 2.50. The van der Waals surface area contributed by atoms with Crippen LogP contribution >= 0.6 is 0 Å². The van der Waals surface area contributed by atoms with Gasteiger partial charge in [0, 0.05) is 42.2 Å². The number of piperidine rings is 1. The molecule has 4 heteroatoms. The SMILES string of the molecule is C[C@@H]1CCCCN1Cc1cncc(-c2ccc(F)cc2F)c1. The summed E-state index contributed by atoms with van der Waals surface area (Å²) in [5, 5.41) is 0. The molecule has 22 heavy (non-hydrogen) atoms. The van der Waals surface area contributed by atoms with Crippen LogP contribution in [0.5, 0.6) is 0 Å². The molecule has 0 saturated carbocycles. The molecule has 1 aliphatic rings. The molecule has 0 unspecified atom stereocenters. The van der Waals surface area contributed by atoms with Crippen LogP contribution in [-0.2, 0) is 6.54 Å². The molecular formula is C18H20F2N2. The highest BCUT2D eigenvalue weighted by atomic mass is 19.1. The molecule has 2 aromatic rings. The third-order valence-corrected chi connectivity index (χ3v) is 4.36. The number of halogens is 2. The Morgan fingerprint density at radius 3 is 2.82 bits per heavy atom. The molecule has 0 radical (unpaired) electrons. The van der Waals surface area contributed by atoms with Gasteiger partial charge in [-0.25, -0.2) is 8.78 Å². The molecule has 1 atom stereocenters. The van der Waals surface area contributed by atoms with Crippen molar-refractivity contribution in [3.63, 3.8) is 0 Å². The van der Waals surface area contributed by atoms with Gasteiger partial charge in [-0.15, -0.1) is 0 Å². The predicted octanol–water partition coefficient (Wildman–Crippen LogP) is 4.40. The van der Waals surface area contributed by atoms with Gasteiger partial charge in [0.25, 0.3) is 0 Å². The Balaban J connectivity index is 1.83. The third kappa shape index (κ3) is 3.33. The van der Waals surface area contributed by atoms with Gasteiger partial charge in [-0.3, -0.25) is 9.88 Å². The van der Waals surface area contributed by atoms with Crippen LogP contribution in [0.4, 0.5) is 8.78 Å². The number of likely N-dealkylation sites (tertiary alicyclic amines) is 1. The van der Waals surface area contributed by atoms with E-state index in [1.54, 1.807) is 6.20 Å². The van der Waals surface area contributed by atoms with Crippen molar-refractivity contribution in [1.82, 2.24) is 9.88 Å². The lowest BCUT2D eigenvalue weighted by Gasteiger charge is -2.33. The van der Waals surface area contributed by atoms with Crippen LogP contribution < -0.4 is 0 Å². The van der Waals surface area contributed by atoms with Gasteiger partial charge in [-0.05, 0) is 50.1 Å². The molecule has 0 aliphatic carbocycles. The molecule has 0 bridgehead atoms. The molecule has 0 amide bonds. The molecule has 1 fully saturated rings. The van der Waals surface area contributed by atoms with E-state index in [1.807, 2.05) is 12.3 Å². The summed E-state index contributed by atoms with van der Waals surface area (Å²) in [6.07, 6.45) is 7.19. The second-order valence-electron chi connectivity index (χ2n) is 6.02. The van der Waals surface area contributed by atoms with Gasteiger partial charge in [-0.2, -0.15) is 0 Å². The minimum Gasteiger partial charge on any atom is -0.296 e. The van der Waals surface area contributed by atoms with Crippen LogP contribution in [0.3, 0.4) is 0 Å². The largest absolute Gasteiger partial charge is 0.296 e. The van der Waals surface area contributed by atoms with Crippen LogP contribution in [-0.4, -0.2) is 22.5 Å². The van der Waals surface area contributed by atoms with Gasteiger partial charge in [0.15, 0.2) is 0 Å². The molecular weight excluding hydrogens is 282 g/mol. The molecule has 2 nitrogen and oxygen atoms in total. The Kier molecular flexibility index (Phi) is 4.48. The molecule has 0 spiro atoms. The standard InChI is InChI=1S/C18H20F2N2/c1-13-4-2-3-7-22(13)12-14-8-15(11-21-10-14)17-6-5-16(19)9-18(17)20/h5-6,8-11,13H,2-4,7,12H2,1H3/t13-/m1/s1. The van der Waals surface area contributed by atoms with Crippen LogP contribution in [0.25, 0.3) is 11.1 Å². The smallest absolute Gasteiger partial charge is 0.133 e. The monoisotopic (exact) mass is 302 g/mol. The first kappa shape index (κ1) is 15.1. The first-order valence-electron chi connectivity index (χ1n) is 7.77. The molecule has 1 aromatic carbocycles. The van der Waals surface area contributed by atoms with Gasteiger partial charge < -0.3 is 0 Å². The van der Waals surface area contributed by atoms with Crippen molar-refractivity contribution < 1.29 is 8.78 Å². The fourth-order valence-electron chi connectivity index (χ4n) is 3.07.